The fourth-order valence-corrected chi connectivity index (χ4v) is 3.74. The monoisotopic (exact) mass is 442 g/mol. The molecular weight excluding hydrogens is 420 g/mol. The molecule has 0 unspecified atom stereocenters. The molecule has 0 radical (unpaired) electrons. The molecule has 0 fully saturated rings. The van der Waals surface area contributed by atoms with Gasteiger partial charge in [-0.2, -0.15) is 0 Å². The van der Waals surface area contributed by atoms with Gasteiger partial charge in [0.05, 0.1) is 29.1 Å². The number of rotatable bonds is 6. The molecule has 4 aromatic carbocycles. The molecule has 0 heterocycles. The number of carbonyl (C=O) groups is 1. The third kappa shape index (κ3) is 4.76. The average molecular weight is 443 g/mol. The van der Waals surface area contributed by atoms with Crippen molar-refractivity contribution in [3.8, 4) is 11.1 Å². The molecule has 0 saturated heterocycles. The first-order valence-electron chi connectivity index (χ1n) is 10.2. The molecule has 0 amide bonds. The summed E-state index contributed by atoms with van der Waals surface area (Å²) < 4.78 is 4.85. The fraction of sp³-hybridized carbons (Fsp3) is 0.0741. The lowest BCUT2D eigenvalue weighted by Gasteiger charge is -2.13. The number of benzene rings is 4. The summed E-state index contributed by atoms with van der Waals surface area (Å²) in [5, 5.41) is 7.28. The second-order valence-electron chi connectivity index (χ2n) is 7.37. The summed E-state index contributed by atoms with van der Waals surface area (Å²) in [7, 11) is 1.37. The van der Waals surface area contributed by atoms with Crippen LogP contribution in [-0.2, 0) is 4.74 Å². The lowest BCUT2D eigenvalue weighted by Crippen LogP contribution is -2.05. The fourth-order valence-electron chi connectivity index (χ4n) is 3.51. The third-order valence-electron chi connectivity index (χ3n) is 5.20. The van der Waals surface area contributed by atoms with Crippen molar-refractivity contribution < 1.29 is 9.53 Å². The van der Waals surface area contributed by atoms with Gasteiger partial charge in [0.1, 0.15) is 0 Å². The maximum Gasteiger partial charge on any atom is 0.339 e. The average Bonchev–Trinajstić information content (AvgIpc) is 2.82. The molecule has 160 valence electrons. The number of nitrogens with one attached hydrogen (secondary N) is 2. The predicted molar refractivity (Wildman–Crippen MR) is 132 cm³/mol. The summed E-state index contributed by atoms with van der Waals surface area (Å²) in [4.78, 5) is 12.0. The van der Waals surface area contributed by atoms with Gasteiger partial charge in [-0.15, -0.1) is 0 Å². The van der Waals surface area contributed by atoms with Crippen LogP contribution in [0.1, 0.15) is 15.9 Å². The van der Waals surface area contributed by atoms with Gasteiger partial charge in [0, 0.05) is 11.4 Å². The van der Waals surface area contributed by atoms with E-state index in [4.69, 9.17) is 16.3 Å². The number of ether oxygens (including phenoxy) is 1. The van der Waals surface area contributed by atoms with E-state index in [-0.39, 0.29) is 5.97 Å². The quantitative estimate of drug-likeness (QED) is 0.302. The molecule has 5 heteroatoms. The minimum Gasteiger partial charge on any atom is -0.465 e. The Morgan fingerprint density at radius 3 is 2.06 bits per heavy atom. The Morgan fingerprint density at radius 1 is 0.781 bits per heavy atom. The molecule has 0 aliphatic rings. The Bertz CT molecular complexity index is 1250. The lowest BCUT2D eigenvalue weighted by molar-refractivity contribution is 0.0602. The van der Waals surface area contributed by atoms with E-state index >= 15 is 0 Å². The van der Waals surface area contributed by atoms with Crippen molar-refractivity contribution in [3.05, 3.63) is 107 Å². The van der Waals surface area contributed by atoms with Crippen LogP contribution in [0.5, 0.6) is 0 Å². The van der Waals surface area contributed by atoms with Crippen molar-refractivity contribution >= 4 is 40.3 Å². The zero-order valence-corrected chi connectivity index (χ0v) is 18.6. The largest absolute Gasteiger partial charge is 0.465 e. The summed E-state index contributed by atoms with van der Waals surface area (Å²) in [6.45, 7) is 2.09. The van der Waals surface area contributed by atoms with Crippen molar-refractivity contribution in [2.45, 2.75) is 6.92 Å². The highest BCUT2D eigenvalue weighted by molar-refractivity contribution is 6.33. The van der Waals surface area contributed by atoms with E-state index in [1.807, 2.05) is 60.7 Å². The molecule has 0 saturated carbocycles. The van der Waals surface area contributed by atoms with Gasteiger partial charge < -0.3 is 15.4 Å². The number of carbonyl (C=O) groups excluding carboxylic acids is 1. The van der Waals surface area contributed by atoms with Crippen LogP contribution >= 0.6 is 11.6 Å². The molecule has 0 aromatic heterocycles. The molecular formula is C27H23ClN2O2. The van der Waals surface area contributed by atoms with Gasteiger partial charge in [-0.05, 0) is 72.1 Å². The van der Waals surface area contributed by atoms with Gasteiger partial charge >= 0.3 is 5.97 Å². The van der Waals surface area contributed by atoms with Crippen LogP contribution < -0.4 is 10.6 Å². The molecule has 0 bridgehead atoms. The van der Waals surface area contributed by atoms with Crippen LogP contribution in [-0.4, -0.2) is 13.1 Å². The Balaban J connectivity index is 1.49. The number of halogens is 1. The van der Waals surface area contributed by atoms with E-state index < -0.39 is 0 Å². The minimum atomic E-state index is -0.379. The van der Waals surface area contributed by atoms with Gasteiger partial charge in [-0.3, -0.25) is 0 Å². The van der Waals surface area contributed by atoms with Crippen molar-refractivity contribution in [3.63, 3.8) is 0 Å². The molecule has 4 rings (SSSR count). The maximum atomic E-state index is 12.0. The smallest absolute Gasteiger partial charge is 0.339 e. The van der Waals surface area contributed by atoms with Gasteiger partial charge in [0.2, 0.25) is 0 Å². The zero-order chi connectivity index (χ0) is 22.5. The van der Waals surface area contributed by atoms with Crippen LogP contribution in [0.4, 0.5) is 22.7 Å². The van der Waals surface area contributed by atoms with Crippen molar-refractivity contribution in [1.29, 1.82) is 0 Å². The van der Waals surface area contributed by atoms with Crippen LogP contribution in [0.25, 0.3) is 11.1 Å². The Morgan fingerprint density at radius 2 is 1.41 bits per heavy atom. The van der Waals surface area contributed by atoms with Gasteiger partial charge in [0.15, 0.2) is 0 Å². The number of esters is 1. The Kier molecular flexibility index (Phi) is 6.43. The number of anilines is 4. The molecule has 0 atom stereocenters. The number of methoxy groups -OCH3 is 1. The molecule has 4 nitrogen and oxygen atoms in total. The third-order valence-corrected chi connectivity index (χ3v) is 5.51. The van der Waals surface area contributed by atoms with Crippen LogP contribution in [0, 0.1) is 6.92 Å². The van der Waals surface area contributed by atoms with Gasteiger partial charge in [-0.25, -0.2) is 4.79 Å². The van der Waals surface area contributed by atoms with E-state index in [1.54, 1.807) is 12.1 Å². The van der Waals surface area contributed by atoms with E-state index in [0.717, 1.165) is 22.6 Å². The Labute approximate surface area is 192 Å². The first-order valence-corrected chi connectivity index (χ1v) is 10.6. The topological polar surface area (TPSA) is 50.4 Å². The normalized spacial score (nSPS) is 10.5. The van der Waals surface area contributed by atoms with Crippen LogP contribution in [0.15, 0.2) is 91.0 Å². The first-order chi connectivity index (χ1) is 15.5. The second kappa shape index (κ2) is 9.58. The molecule has 0 aliphatic carbocycles. The van der Waals surface area contributed by atoms with Crippen molar-refractivity contribution in [1.82, 2.24) is 0 Å². The van der Waals surface area contributed by atoms with Gasteiger partial charge in [0.25, 0.3) is 0 Å². The summed E-state index contributed by atoms with van der Waals surface area (Å²) in [5.41, 5.74) is 7.23. The molecule has 2 N–H and O–H groups in total. The van der Waals surface area contributed by atoms with Crippen LogP contribution in [0.2, 0.25) is 5.02 Å². The second-order valence-corrected chi connectivity index (χ2v) is 7.78. The number of aryl methyl sites for hydroxylation is 1. The first kappa shape index (κ1) is 21.5. The lowest BCUT2D eigenvalue weighted by atomic mass is 10.0. The molecule has 32 heavy (non-hydrogen) atoms. The van der Waals surface area contributed by atoms with E-state index in [0.29, 0.717) is 16.3 Å². The van der Waals surface area contributed by atoms with E-state index in [9.17, 15) is 4.79 Å². The van der Waals surface area contributed by atoms with Gasteiger partial charge in [-0.1, -0.05) is 54.1 Å². The molecule has 4 aromatic rings. The SMILES string of the molecule is COC(=O)c1ccccc1Nc1ccc(Nc2ccc(-c3ccccc3C)cc2Cl)cc1. The highest BCUT2D eigenvalue weighted by atomic mass is 35.5. The maximum absolute atomic E-state index is 12.0. The van der Waals surface area contributed by atoms with Crippen molar-refractivity contribution in [2.75, 3.05) is 17.7 Å². The minimum absolute atomic E-state index is 0.379. The highest BCUT2D eigenvalue weighted by Gasteiger charge is 2.11. The number of hydrogen-bond acceptors (Lipinski definition) is 4. The Hall–Kier alpha value is -3.76. The molecule has 0 aliphatic heterocycles. The predicted octanol–water partition coefficient (Wildman–Crippen LogP) is 7.59. The van der Waals surface area contributed by atoms with E-state index in [1.165, 1.54) is 18.2 Å². The standard InChI is InChI=1S/C27H23ClN2O2/c1-18-7-3-4-8-22(18)19-11-16-26(24(28)17-19)30-21-14-12-20(13-15-21)29-25-10-6-5-9-23(25)27(31)32-2/h3-17,29-30H,1-2H3. The summed E-state index contributed by atoms with van der Waals surface area (Å²) in [6.07, 6.45) is 0. The van der Waals surface area contributed by atoms with E-state index in [2.05, 4.69) is 35.8 Å². The molecule has 0 spiro atoms. The zero-order valence-electron chi connectivity index (χ0n) is 17.9. The number of hydrogen-bond donors (Lipinski definition) is 2. The highest BCUT2D eigenvalue weighted by Crippen LogP contribution is 2.32. The summed E-state index contributed by atoms with van der Waals surface area (Å²) in [5.74, 6) is -0.379. The summed E-state index contributed by atoms with van der Waals surface area (Å²) in [6, 6.07) is 29.3. The summed E-state index contributed by atoms with van der Waals surface area (Å²) >= 11 is 6.56. The van der Waals surface area contributed by atoms with Crippen LogP contribution in [0.3, 0.4) is 0 Å². The number of para-hydroxylation sites is 1. The van der Waals surface area contributed by atoms with Crippen molar-refractivity contribution in [2.24, 2.45) is 0 Å².